The maximum absolute atomic E-state index is 12.8. The van der Waals surface area contributed by atoms with Crippen molar-refractivity contribution in [2.24, 2.45) is 5.92 Å². The molecule has 7 nitrogen and oxygen atoms in total. The lowest BCUT2D eigenvalue weighted by Crippen LogP contribution is -2.50. The van der Waals surface area contributed by atoms with Crippen molar-refractivity contribution in [2.45, 2.75) is 20.0 Å². The third-order valence-corrected chi connectivity index (χ3v) is 3.95. The smallest absolute Gasteiger partial charge is 0.269 e. The van der Waals surface area contributed by atoms with Gasteiger partial charge >= 0.3 is 0 Å². The fourth-order valence-corrected chi connectivity index (χ4v) is 2.64. The van der Waals surface area contributed by atoms with Gasteiger partial charge in [-0.2, -0.15) is 0 Å². The van der Waals surface area contributed by atoms with E-state index in [9.17, 15) is 4.79 Å². The molecular weight excluding hydrogens is 320 g/mol. The van der Waals surface area contributed by atoms with Crippen LogP contribution in [0.15, 0.2) is 36.4 Å². The van der Waals surface area contributed by atoms with Crippen molar-refractivity contribution >= 4 is 23.2 Å². The van der Waals surface area contributed by atoms with Gasteiger partial charge < -0.3 is 20.9 Å². The Morgan fingerprint density at radius 3 is 2.60 bits per heavy atom. The van der Waals surface area contributed by atoms with Gasteiger partial charge in [-0.15, -0.1) is 0 Å². The van der Waals surface area contributed by atoms with Gasteiger partial charge in [0.2, 0.25) is 0 Å². The lowest BCUT2D eigenvalue weighted by atomic mass is 10.0. The van der Waals surface area contributed by atoms with Crippen LogP contribution < -0.4 is 25.8 Å². The first-order valence-electron chi connectivity index (χ1n) is 8.18. The predicted octanol–water partition coefficient (Wildman–Crippen LogP) is 2.08. The normalized spacial score (nSPS) is 16.5. The quantitative estimate of drug-likeness (QED) is 0.806. The van der Waals surface area contributed by atoms with Crippen LogP contribution in [0.1, 0.15) is 13.8 Å². The molecular formula is C18H22N4O3. The molecule has 0 saturated carbocycles. The van der Waals surface area contributed by atoms with E-state index in [0.717, 1.165) is 0 Å². The number of carbonyl (C=O) groups excluding carboxylic acids is 1. The van der Waals surface area contributed by atoms with E-state index in [2.05, 4.69) is 4.98 Å². The van der Waals surface area contributed by atoms with Crippen LogP contribution in [0.4, 0.5) is 17.3 Å². The third-order valence-electron chi connectivity index (χ3n) is 3.95. The minimum atomic E-state index is -0.547. The van der Waals surface area contributed by atoms with Gasteiger partial charge in [0, 0.05) is 5.69 Å². The number of nitrogens with zero attached hydrogens (tertiary/aromatic N) is 2. The van der Waals surface area contributed by atoms with Crippen LogP contribution in [0.2, 0.25) is 0 Å². The number of pyridine rings is 1. The number of hydrogen-bond donors (Lipinski definition) is 2. The summed E-state index contributed by atoms with van der Waals surface area (Å²) in [7, 11) is 0. The zero-order valence-corrected chi connectivity index (χ0v) is 14.3. The van der Waals surface area contributed by atoms with Gasteiger partial charge in [-0.25, -0.2) is 4.98 Å². The Kier molecular flexibility index (Phi) is 4.65. The number of rotatable bonds is 5. The fourth-order valence-electron chi connectivity index (χ4n) is 2.64. The summed E-state index contributed by atoms with van der Waals surface area (Å²) in [4.78, 5) is 18.6. The molecule has 4 N–H and O–H groups in total. The summed E-state index contributed by atoms with van der Waals surface area (Å²) in [6.45, 7) is 4.55. The summed E-state index contributed by atoms with van der Waals surface area (Å²) in [6.07, 6.45) is -0.547. The Morgan fingerprint density at radius 2 is 1.92 bits per heavy atom. The summed E-state index contributed by atoms with van der Waals surface area (Å²) in [5.41, 5.74) is 12.1. The highest BCUT2D eigenvalue weighted by molar-refractivity contribution is 5.99. The van der Waals surface area contributed by atoms with Crippen LogP contribution in [0.3, 0.4) is 0 Å². The SMILES string of the molecule is CC(C)C1Oc2ccc(N)nc2N(CCOc2ccc(N)cc2)C1=O. The molecule has 0 aliphatic carbocycles. The molecule has 0 bridgehead atoms. The first-order chi connectivity index (χ1) is 12.0. The van der Waals surface area contributed by atoms with Crippen molar-refractivity contribution in [3.8, 4) is 11.5 Å². The standard InChI is InChI=1S/C18H22N4O3/c1-11(2)16-18(23)22(17-14(25-16)7-8-15(20)21-17)9-10-24-13-5-3-12(19)4-6-13/h3-8,11,16H,9-10,19H2,1-2H3,(H2,20,21). The minimum absolute atomic E-state index is 0.0405. The first kappa shape index (κ1) is 16.9. The Hall–Kier alpha value is -2.96. The summed E-state index contributed by atoms with van der Waals surface area (Å²) in [6, 6.07) is 10.5. The molecule has 132 valence electrons. The minimum Gasteiger partial charge on any atom is -0.492 e. The van der Waals surface area contributed by atoms with Gasteiger partial charge in [0.05, 0.1) is 6.54 Å². The number of anilines is 3. The molecule has 1 aliphatic rings. The van der Waals surface area contributed by atoms with Crippen molar-refractivity contribution < 1.29 is 14.3 Å². The van der Waals surface area contributed by atoms with E-state index in [4.69, 9.17) is 20.9 Å². The van der Waals surface area contributed by atoms with Gasteiger partial charge in [0.25, 0.3) is 5.91 Å². The second-order valence-corrected chi connectivity index (χ2v) is 6.25. The Balaban J connectivity index is 1.77. The number of aromatic nitrogens is 1. The number of nitrogens with two attached hydrogens (primary N) is 2. The van der Waals surface area contributed by atoms with Gasteiger partial charge in [-0.3, -0.25) is 9.69 Å². The predicted molar refractivity (Wildman–Crippen MR) is 96.6 cm³/mol. The second kappa shape index (κ2) is 6.88. The third kappa shape index (κ3) is 3.60. The number of nitrogen functional groups attached to an aromatic ring is 2. The molecule has 1 aliphatic heterocycles. The van der Waals surface area contributed by atoms with Crippen molar-refractivity contribution in [2.75, 3.05) is 29.5 Å². The van der Waals surface area contributed by atoms with Crippen molar-refractivity contribution in [1.29, 1.82) is 0 Å². The van der Waals surface area contributed by atoms with E-state index in [0.29, 0.717) is 42.0 Å². The highest BCUT2D eigenvalue weighted by atomic mass is 16.5. The molecule has 0 fully saturated rings. The van der Waals surface area contributed by atoms with Crippen LogP contribution in [0.25, 0.3) is 0 Å². The van der Waals surface area contributed by atoms with Gasteiger partial charge in [-0.05, 0) is 42.3 Å². The molecule has 25 heavy (non-hydrogen) atoms. The Morgan fingerprint density at radius 1 is 1.20 bits per heavy atom. The lowest BCUT2D eigenvalue weighted by Gasteiger charge is -2.35. The molecule has 2 aromatic rings. The largest absolute Gasteiger partial charge is 0.492 e. The summed E-state index contributed by atoms with van der Waals surface area (Å²) < 4.78 is 11.5. The van der Waals surface area contributed by atoms with Gasteiger partial charge in [-0.1, -0.05) is 13.8 Å². The summed E-state index contributed by atoms with van der Waals surface area (Å²) >= 11 is 0. The maximum Gasteiger partial charge on any atom is 0.269 e. The molecule has 7 heteroatoms. The van der Waals surface area contributed by atoms with Gasteiger partial charge in [0.15, 0.2) is 17.7 Å². The molecule has 0 saturated heterocycles. The molecule has 3 rings (SSSR count). The number of fused-ring (bicyclic) bond motifs is 1. The average molecular weight is 342 g/mol. The number of ether oxygens (including phenoxy) is 2. The maximum atomic E-state index is 12.8. The van der Waals surface area contributed by atoms with Crippen LogP contribution in [0, 0.1) is 5.92 Å². The van der Waals surface area contributed by atoms with E-state index < -0.39 is 6.10 Å². The first-order valence-corrected chi connectivity index (χ1v) is 8.18. The molecule has 2 heterocycles. The molecule has 0 radical (unpaired) electrons. The van der Waals surface area contributed by atoms with E-state index >= 15 is 0 Å². The molecule has 0 spiro atoms. The lowest BCUT2D eigenvalue weighted by molar-refractivity contribution is -0.128. The summed E-state index contributed by atoms with van der Waals surface area (Å²) in [5.74, 6) is 1.92. The number of amides is 1. The second-order valence-electron chi connectivity index (χ2n) is 6.25. The van der Waals surface area contributed by atoms with E-state index in [1.54, 1.807) is 41.3 Å². The molecule has 1 amide bonds. The fraction of sp³-hybridized carbons (Fsp3) is 0.333. The molecule has 1 aromatic heterocycles. The monoisotopic (exact) mass is 342 g/mol. The van der Waals surface area contributed by atoms with E-state index in [-0.39, 0.29) is 11.8 Å². The van der Waals surface area contributed by atoms with Crippen LogP contribution in [-0.4, -0.2) is 30.1 Å². The Bertz CT molecular complexity index is 761. The average Bonchev–Trinajstić information content (AvgIpc) is 2.58. The van der Waals surface area contributed by atoms with E-state index in [1.165, 1.54) is 0 Å². The van der Waals surface area contributed by atoms with E-state index in [1.807, 2.05) is 13.8 Å². The molecule has 1 atom stereocenters. The van der Waals surface area contributed by atoms with Gasteiger partial charge in [0.1, 0.15) is 18.2 Å². The Labute approximate surface area is 146 Å². The zero-order chi connectivity index (χ0) is 18.0. The number of carbonyl (C=O) groups is 1. The molecule has 1 unspecified atom stereocenters. The highest BCUT2D eigenvalue weighted by Crippen LogP contribution is 2.34. The van der Waals surface area contributed by atoms with Crippen LogP contribution in [-0.2, 0) is 4.79 Å². The zero-order valence-electron chi connectivity index (χ0n) is 14.3. The van der Waals surface area contributed by atoms with Crippen molar-refractivity contribution in [3.05, 3.63) is 36.4 Å². The summed E-state index contributed by atoms with van der Waals surface area (Å²) in [5, 5.41) is 0. The van der Waals surface area contributed by atoms with Crippen molar-refractivity contribution in [3.63, 3.8) is 0 Å². The number of hydrogen-bond acceptors (Lipinski definition) is 6. The number of benzene rings is 1. The van der Waals surface area contributed by atoms with Crippen LogP contribution in [0.5, 0.6) is 11.5 Å². The molecule has 1 aromatic carbocycles. The van der Waals surface area contributed by atoms with Crippen LogP contribution >= 0.6 is 0 Å². The highest BCUT2D eigenvalue weighted by Gasteiger charge is 2.37. The topological polar surface area (TPSA) is 104 Å². The van der Waals surface area contributed by atoms with Crippen molar-refractivity contribution in [1.82, 2.24) is 4.98 Å².